The molecule has 0 amide bonds. The van der Waals surface area contributed by atoms with Crippen LogP contribution in [0.4, 0.5) is 0 Å². The lowest BCUT2D eigenvalue weighted by molar-refractivity contribution is 0.295. The monoisotopic (exact) mass is 259 g/mol. The van der Waals surface area contributed by atoms with Crippen LogP contribution in [-0.4, -0.2) is 9.97 Å². The molecule has 0 aliphatic rings. The molecule has 0 saturated heterocycles. The van der Waals surface area contributed by atoms with E-state index in [1.54, 1.807) is 0 Å². The first-order valence-corrected chi connectivity index (χ1v) is 5.68. The summed E-state index contributed by atoms with van der Waals surface area (Å²) >= 11 is 5.80. The van der Waals surface area contributed by atoms with Gasteiger partial charge in [0.1, 0.15) is 24.0 Å². The summed E-state index contributed by atoms with van der Waals surface area (Å²) in [5.41, 5.74) is 1.43. The molecule has 0 aliphatic carbocycles. The molecule has 0 saturated carbocycles. The van der Waals surface area contributed by atoms with Gasteiger partial charge in [-0.05, 0) is 19.1 Å². The number of aryl methyl sites for hydroxylation is 1. The van der Waals surface area contributed by atoms with Crippen molar-refractivity contribution in [2.45, 2.75) is 13.5 Å². The van der Waals surface area contributed by atoms with Gasteiger partial charge in [-0.1, -0.05) is 29.3 Å². The summed E-state index contributed by atoms with van der Waals surface area (Å²) in [7, 11) is 0. The SMILES string of the molecule is Cc1ccc(OCc2ncc(C#N)c(Cl)n2)cc1. The summed E-state index contributed by atoms with van der Waals surface area (Å²) in [6, 6.07) is 9.58. The molecule has 90 valence electrons. The number of benzene rings is 1. The molecule has 0 bridgehead atoms. The Labute approximate surface area is 110 Å². The van der Waals surface area contributed by atoms with Gasteiger partial charge in [-0.3, -0.25) is 0 Å². The van der Waals surface area contributed by atoms with Crippen molar-refractivity contribution >= 4 is 11.6 Å². The van der Waals surface area contributed by atoms with E-state index in [0.717, 1.165) is 5.75 Å². The Kier molecular flexibility index (Phi) is 3.75. The maximum Gasteiger partial charge on any atom is 0.167 e. The van der Waals surface area contributed by atoms with Crippen molar-refractivity contribution in [1.82, 2.24) is 9.97 Å². The third-order valence-electron chi connectivity index (χ3n) is 2.30. The van der Waals surface area contributed by atoms with Crippen LogP contribution in [0.2, 0.25) is 5.15 Å². The van der Waals surface area contributed by atoms with Crippen molar-refractivity contribution in [3.8, 4) is 11.8 Å². The summed E-state index contributed by atoms with van der Waals surface area (Å²) < 4.78 is 5.51. The highest BCUT2D eigenvalue weighted by Crippen LogP contribution is 2.14. The van der Waals surface area contributed by atoms with Crippen molar-refractivity contribution in [3.63, 3.8) is 0 Å². The third-order valence-corrected chi connectivity index (χ3v) is 2.59. The molecule has 1 heterocycles. The minimum atomic E-state index is 0.148. The quantitative estimate of drug-likeness (QED) is 0.796. The van der Waals surface area contributed by atoms with E-state index in [0.29, 0.717) is 5.82 Å². The summed E-state index contributed by atoms with van der Waals surface area (Å²) in [5, 5.41) is 8.85. The average molecular weight is 260 g/mol. The van der Waals surface area contributed by atoms with Crippen LogP contribution in [-0.2, 0) is 6.61 Å². The Balaban J connectivity index is 2.04. The molecule has 0 radical (unpaired) electrons. The molecule has 2 aromatic rings. The van der Waals surface area contributed by atoms with Crippen molar-refractivity contribution in [2.75, 3.05) is 0 Å². The number of nitriles is 1. The second-order valence-electron chi connectivity index (χ2n) is 3.70. The number of ether oxygens (including phenoxy) is 1. The van der Waals surface area contributed by atoms with Gasteiger partial charge in [-0.2, -0.15) is 5.26 Å². The van der Waals surface area contributed by atoms with E-state index >= 15 is 0 Å². The normalized spacial score (nSPS) is 9.83. The molecule has 0 fully saturated rings. The van der Waals surface area contributed by atoms with Gasteiger partial charge in [0, 0.05) is 0 Å². The highest BCUT2D eigenvalue weighted by Gasteiger charge is 2.05. The Bertz CT molecular complexity index is 590. The van der Waals surface area contributed by atoms with Gasteiger partial charge in [0.05, 0.1) is 6.20 Å². The highest BCUT2D eigenvalue weighted by molar-refractivity contribution is 6.30. The van der Waals surface area contributed by atoms with Crippen molar-refractivity contribution < 1.29 is 4.74 Å². The fraction of sp³-hybridized carbons (Fsp3) is 0.154. The van der Waals surface area contributed by atoms with Crippen LogP contribution < -0.4 is 4.74 Å². The maximum atomic E-state index is 8.70. The standard InChI is InChI=1S/C13H10ClN3O/c1-9-2-4-11(5-3-9)18-8-12-16-7-10(6-15)13(14)17-12/h2-5,7H,8H2,1H3. The second-order valence-corrected chi connectivity index (χ2v) is 4.06. The van der Waals surface area contributed by atoms with Crippen molar-refractivity contribution in [3.05, 3.63) is 52.6 Å². The minimum Gasteiger partial charge on any atom is -0.486 e. The lowest BCUT2D eigenvalue weighted by atomic mass is 10.2. The number of nitrogens with zero attached hydrogens (tertiary/aromatic N) is 3. The van der Waals surface area contributed by atoms with E-state index in [9.17, 15) is 0 Å². The summed E-state index contributed by atoms with van der Waals surface area (Å²) in [4.78, 5) is 7.98. The topological polar surface area (TPSA) is 58.8 Å². The predicted molar refractivity (Wildman–Crippen MR) is 67.3 cm³/mol. The van der Waals surface area contributed by atoms with E-state index < -0.39 is 0 Å². The van der Waals surface area contributed by atoms with E-state index in [2.05, 4.69) is 9.97 Å². The first-order valence-electron chi connectivity index (χ1n) is 5.30. The molecule has 4 nitrogen and oxygen atoms in total. The summed E-state index contributed by atoms with van der Waals surface area (Å²) in [6.07, 6.45) is 1.39. The van der Waals surface area contributed by atoms with Crippen LogP contribution in [0.1, 0.15) is 17.0 Å². The molecule has 0 N–H and O–H groups in total. The van der Waals surface area contributed by atoms with Crippen molar-refractivity contribution in [2.24, 2.45) is 0 Å². The van der Waals surface area contributed by atoms with Crippen molar-refractivity contribution in [1.29, 1.82) is 5.26 Å². The fourth-order valence-electron chi connectivity index (χ4n) is 1.32. The van der Waals surface area contributed by atoms with Crippen LogP contribution in [0.25, 0.3) is 0 Å². The van der Waals surface area contributed by atoms with Gasteiger partial charge in [0.2, 0.25) is 0 Å². The van der Waals surface area contributed by atoms with Crippen LogP contribution in [0.3, 0.4) is 0 Å². The first-order chi connectivity index (χ1) is 8.69. The lowest BCUT2D eigenvalue weighted by Crippen LogP contribution is -2.02. The number of hydrogen-bond acceptors (Lipinski definition) is 4. The zero-order valence-electron chi connectivity index (χ0n) is 9.72. The van der Waals surface area contributed by atoms with Gasteiger partial charge >= 0.3 is 0 Å². The Hall–Kier alpha value is -2.12. The second kappa shape index (κ2) is 5.48. The van der Waals surface area contributed by atoms with Crippen LogP contribution in [0.15, 0.2) is 30.5 Å². The Morgan fingerprint density at radius 1 is 1.33 bits per heavy atom. The number of hydrogen-bond donors (Lipinski definition) is 0. The molecule has 18 heavy (non-hydrogen) atoms. The van der Waals surface area contributed by atoms with E-state index in [1.165, 1.54) is 11.8 Å². The molecule has 5 heteroatoms. The predicted octanol–water partition coefficient (Wildman–Crippen LogP) is 2.89. The molecular weight excluding hydrogens is 250 g/mol. The molecule has 2 rings (SSSR count). The Morgan fingerprint density at radius 3 is 2.67 bits per heavy atom. The van der Waals surface area contributed by atoms with E-state index in [-0.39, 0.29) is 17.3 Å². The van der Waals surface area contributed by atoms with Gasteiger partial charge in [0.15, 0.2) is 11.0 Å². The van der Waals surface area contributed by atoms with E-state index in [1.807, 2.05) is 37.3 Å². The summed E-state index contributed by atoms with van der Waals surface area (Å²) in [6.45, 7) is 2.22. The third kappa shape index (κ3) is 2.96. The number of aromatic nitrogens is 2. The van der Waals surface area contributed by atoms with Gasteiger partial charge < -0.3 is 4.74 Å². The van der Waals surface area contributed by atoms with Gasteiger partial charge in [-0.15, -0.1) is 0 Å². The van der Waals surface area contributed by atoms with E-state index in [4.69, 9.17) is 21.6 Å². The first kappa shape index (κ1) is 12.3. The lowest BCUT2D eigenvalue weighted by Gasteiger charge is -2.05. The number of halogens is 1. The molecule has 0 aliphatic heterocycles. The smallest absolute Gasteiger partial charge is 0.167 e. The zero-order valence-corrected chi connectivity index (χ0v) is 10.5. The summed E-state index contributed by atoms with van der Waals surface area (Å²) in [5.74, 6) is 1.18. The van der Waals surface area contributed by atoms with Gasteiger partial charge in [0.25, 0.3) is 0 Å². The van der Waals surface area contributed by atoms with Crippen LogP contribution in [0.5, 0.6) is 5.75 Å². The fourth-order valence-corrected chi connectivity index (χ4v) is 1.51. The molecular formula is C13H10ClN3O. The number of rotatable bonds is 3. The minimum absolute atomic E-state index is 0.148. The molecule has 1 aromatic carbocycles. The molecule has 0 unspecified atom stereocenters. The average Bonchev–Trinajstić information content (AvgIpc) is 2.38. The zero-order chi connectivity index (χ0) is 13.0. The van der Waals surface area contributed by atoms with Crippen LogP contribution >= 0.6 is 11.6 Å². The highest BCUT2D eigenvalue weighted by atomic mass is 35.5. The largest absolute Gasteiger partial charge is 0.486 e. The van der Waals surface area contributed by atoms with Crippen LogP contribution in [0, 0.1) is 18.3 Å². The molecule has 1 aromatic heterocycles. The maximum absolute atomic E-state index is 8.70. The van der Waals surface area contributed by atoms with Gasteiger partial charge in [-0.25, -0.2) is 9.97 Å². The molecule has 0 atom stereocenters. The molecule has 0 spiro atoms. The Morgan fingerprint density at radius 2 is 2.06 bits per heavy atom.